The minimum Gasteiger partial charge on any atom is -0.493 e. The Bertz CT molecular complexity index is 1210. The lowest BCUT2D eigenvalue weighted by molar-refractivity contribution is 0.0673. The lowest BCUT2D eigenvalue weighted by atomic mass is 9.94. The van der Waals surface area contributed by atoms with Crippen molar-refractivity contribution in [3.8, 4) is 17.0 Å². The molecule has 8 heteroatoms. The van der Waals surface area contributed by atoms with Crippen LogP contribution in [0.3, 0.4) is 0 Å². The first kappa shape index (κ1) is 20.6. The fourth-order valence-corrected chi connectivity index (χ4v) is 4.73. The second-order valence-corrected chi connectivity index (χ2v) is 8.29. The van der Waals surface area contributed by atoms with E-state index in [9.17, 15) is 18.0 Å². The number of aryl methyl sites for hydroxylation is 2. The number of amides is 1. The zero-order valence-electron chi connectivity index (χ0n) is 17.8. The second kappa shape index (κ2) is 7.69. The number of aromatic nitrogens is 2. The van der Waals surface area contributed by atoms with Crippen LogP contribution in [0.15, 0.2) is 30.3 Å². The van der Waals surface area contributed by atoms with Crippen LogP contribution < -0.4 is 4.74 Å². The molecule has 0 radical (unpaired) electrons. The third kappa shape index (κ3) is 3.25. The number of hydrogen-bond acceptors (Lipinski definition) is 3. The molecular formula is C24H22F3N3O2. The van der Waals surface area contributed by atoms with Gasteiger partial charge in [0.05, 0.1) is 24.0 Å². The van der Waals surface area contributed by atoms with Crippen molar-refractivity contribution >= 4 is 5.91 Å². The molecule has 0 aliphatic carbocycles. The van der Waals surface area contributed by atoms with E-state index in [1.807, 2.05) is 19.1 Å². The Morgan fingerprint density at radius 3 is 2.62 bits per heavy atom. The Hall–Kier alpha value is -3.29. The Kier molecular flexibility index (Phi) is 4.95. The number of nitrogens with zero attached hydrogens (tertiary/aromatic N) is 3. The first-order valence-electron chi connectivity index (χ1n) is 10.6. The number of benzene rings is 2. The molecule has 2 aromatic carbocycles. The third-order valence-corrected chi connectivity index (χ3v) is 6.32. The van der Waals surface area contributed by atoms with Gasteiger partial charge in [-0.05, 0) is 62.1 Å². The summed E-state index contributed by atoms with van der Waals surface area (Å²) in [5, 5.41) is 4.55. The maximum Gasteiger partial charge on any atom is 0.254 e. The Morgan fingerprint density at radius 1 is 1.12 bits per heavy atom. The molecule has 5 nitrogen and oxygen atoms in total. The van der Waals surface area contributed by atoms with E-state index in [0.717, 1.165) is 41.9 Å². The minimum atomic E-state index is -1.50. The Balaban J connectivity index is 1.48. The predicted octanol–water partition coefficient (Wildman–Crippen LogP) is 4.59. The molecule has 3 aromatic rings. The number of ether oxygens (including phenoxy) is 1. The summed E-state index contributed by atoms with van der Waals surface area (Å²) < 4.78 is 48.3. The van der Waals surface area contributed by atoms with Crippen molar-refractivity contribution in [2.75, 3.05) is 13.2 Å². The van der Waals surface area contributed by atoms with Gasteiger partial charge < -0.3 is 9.64 Å². The highest BCUT2D eigenvalue weighted by molar-refractivity contribution is 5.95. The van der Waals surface area contributed by atoms with Crippen molar-refractivity contribution < 1.29 is 22.7 Å². The van der Waals surface area contributed by atoms with Crippen molar-refractivity contribution in [3.05, 3.63) is 70.2 Å². The predicted molar refractivity (Wildman–Crippen MR) is 112 cm³/mol. The molecule has 32 heavy (non-hydrogen) atoms. The van der Waals surface area contributed by atoms with E-state index in [2.05, 4.69) is 5.10 Å². The molecular weight excluding hydrogens is 419 g/mol. The van der Waals surface area contributed by atoms with Crippen LogP contribution in [0.4, 0.5) is 13.2 Å². The van der Waals surface area contributed by atoms with Crippen LogP contribution >= 0.6 is 0 Å². The van der Waals surface area contributed by atoms with E-state index in [1.54, 1.807) is 18.0 Å². The maximum absolute atomic E-state index is 13.8. The summed E-state index contributed by atoms with van der Waals surface area (Å²) in [6.45, 7) is 3.02. The summed E-state index contributed by atoms with van der Waals surface area (Å²) in [6, 6.07) is 7.15. The Morgan fingerprint density at radius 2 is 1.88 bits per heavy atom. The highest BCUT2D eigenvalue weighted by Crippen LogP contribution is 2.37. The van der Waals surface area contributed by atoms with Crippen molar-refractivity contribution in [1.29, 1.82) is 0 Å². The molecule has 5 rings (SSSR count). The van der Waals surface area contributed by atoms with Gasteiger partial charge in [0, 0.05) is 30.3 Å². The molecule has 166 valence electrons. The number of fused-ring (bicyclic) bond motifs is 2. The van der Waals surface area contributed by atoms with Crippen LogP contribution in [0.5, 0.6) is 5.75 Å². The van der Waals surface area contributed by atoms with Crippen LogP contribution in [0.2, 0.25) is 0 Å². The Labute approximate surface area is 183 Å². The first-order valence-corrected chi connectivity index (χ1v) is 10.6. The molecule has 0 saturated heterocycles. The summed E-state index contributed by atoms with van der Waals surface area (Å²) in [5.41, 5.74) is 3.88. The van der Waals surface area contributed by atoms with Gasteiger partial charge in [-0.1, -0.05) is 0 Å². The fraction of sp³-hybridized carbons (Fsp3) is 0.333. The molecule has 0 bridgehead atoms. The molecule has 1 amide bonds. The van der Waals surface area contributed by atoms with E-state index in [0.29, 0.717) is 36.5 Å². The van der Waals surface area contributed by atoms with Gasteiger partial charge in [0.1, 0.15) is 5.75 Å². The molecule has 0 unspecified atom stereocenters. The van der Waals surface area contributed by atoms with E-state index in [-0.39, 0.29) is 17.5 Å². The van der Waals surface area contributed by atoms with Crippen LogP contribution in [0.1, 0.15) is 46.6 Å². The van der Waals surface area contributed by atoms with Crippen LogP contribution in [0, 0.1) is 17.5 Å². The quantitative estimate of drug-likeness (QED) is 0.547. The van der Waals surface area contributed by atoms with Gasteiger partial charge in [0.2, 0.25) is 0 Å². The van der Waals surface area contributed by atoms with Crippen LogP contribution in [-0.2, 0) is 19.9 Å². The number of carbonyl (C=O) groups excluding carboxylic acids is 1. The monoisotopic (exact) mass is 441 g/mol. The van der Waals surface area contributed by atoms with Gasteiger partial charge in [-0.25, -0.2) is 13.2 Å². The summed E-state index contributed by atoms with van der Waals surface area (Å²) in [5.74, 6) is -3.25. The average Bonchev–Trinajstić information content (AvgIpc) is 3.13. The summed E-state index contributed by atoms with van der Waals surface area (Å²) >= 11 is 0. The molecule has 0 saturated carbocycles. The maximum atomic E-state index is 13.8. The van der Waals surface area contributed by atoms with Gasteiger partial charge in [-0.2, -0.15) is 5.10 Å². The molecule has 0 N–H and O–H groups in total. The van der Waals surface area contributed by atoms with Crippen LogP contribution in [0.25, 0.3) is 11.3 Å². The van der Waals surface area contributed by atoms with Crippen molar-refractivity contribution in [2.24, 2.45) is 7.05 Å². The largest absolute Gasteiger partial charge is 0.493 e. The molecule has 0 fully saturated rings. The van der Waals surface area contributed by atoms with Gasteiger partial charge in [0.25, 0.3) is 5.91 Å². The van der Waals surface area contributed by atoms with Crippen molar-refractivity contribution in [3.63, 3.8) is 0 Å². The number of carbonyl (C=O) groups is 1. The lowest BCUT2D eigenvalue weighted by Gasteiger charge is -2.33. The topological polar surface area (TPSA) is 47.4 Å². The lowest BCUT2D eigenvalue weighted by Crippen LogP contribution is -2.39. The van der Waals surface area contributed by atoms with E-state index < -0.39 is 17.5 Å². The summed E-state index contributed by atoms with van der Waals surface area (Å²) in [4.78, 5) is 15.1. The fourth-order valence-electron chi connectivity index (χ4n) is 4.73. The number of rotatable bonds is 2. The first-order chi connectivity index (χ1) is 15.3. The van der Waals surface area contributed by atoms with Gasteiger partial charge in [-0.15, -0.1) is 0 Å². The number of hydrogen-bond donors (Lipinski definition) is 0. The number of halogens is 3. The van der Waals surface area contributed by atoms with E-state index in [4.69, 9.17) is 4.74 Å². The van der Waals surface area contributed by atoms with Crippen molar-refractivity contribution in [1.82, 2.24) is 14.7 Å². The van der Waals surface area contributed by atoms with Gasteiger partial charge >= 0.3 is 0 Å². The average molecular weight is 441 g/mol. The molecule has 2 aliphatic heterocycles. The highest BCUT2D eigenvalue weighted by atomic mass is 19.2. The molecule has 2 aliphatic rings. The highest BCUT2D eigenvalue weighted by Gasteiger charge is 2.34. The van der Waals surface area contributed by atoms with Crippen molar-refractivity contribution in [2.45, 2.75) is 32.2 Å². The summed E-state index contributed by atoms with van der Waals surface area (Å²) in [6.07, 6.45) is 2.28. The molecule has 0 spiro atoms. The summed E-state index contributed by atoms with van der Waals surface area (Å²) in [7, 11) is 1.68. The van der Waals surface area contributed by atoms with E-state index >= 15 is 0 Å². The normalized spacial score (nSPS) is 17.5. The molecule has 1 aromatic heterocycles. The van der Waals surface area contributed by atoms with Crippen LogP contribution in [-0.4, -0.2) is 33.7 Å². The molecule has 3 heterocycles. The third-order valence-electron chi connectivity index (χ3n) is 6.32. The standard InChI is InChI=1S/C24H22F3N3O2/c1-13-22-17(23(29(2)28-22)16-11-18(25)21(27)19(26)12-16)7-8-30(13)24(31)15-5-6-20-14(10-15)4-3-9-32-20/h5-6,10-13H,3-4,7-9H2,1-2H3/t13-/m0/s1. The zero-order chi connectivity index (χ0) is 22.6. The zero-order valence-corrected chi connectivity index (χ0v) is 17.8. The van der Waals surface area contributed by atoms with Gasteiger partial charge in [0.15, 0.2) is 17.5 Å². The SMILES string of the molecule is C[C@H]1c2nn(C)c(-c3cc(F)c(F)c(F)c3)c2CCN1C(=O)c1ccc2c(c1)CCCO2. The second-order valence-electron chi connectivity index (χ2n) is 8.29. The van der Waals surface area contributed by atoms with E-state index in [1.165, 1.54) is 4.68 Å². The minimum absolute atomic E-state index is 0.0948. The molecule has 1 atom stereocenters. The smallest absolute Gasteiger partial charge is 0.254 e. The van der Waals surface area contributed by atoms with Gasteiger partial charge in [-0.3, -0.25) is 9.48 Å².